The zero-order valence-corrected chi connectivity index (χ0v) is 10.5. The summed E-state index contributed by atoms with van der Waals surface area (Å²) in [5.74, 6) is -0.194. The molecule has 0 spiro atoms. The Labute approximate surface area is 108 Å². The summed E-state index contributed by atoms with van der Waals surface area (Å²) in [5, 5.41) is 11.7. The third-order valence-corrected chi connectivity index (χ3v) is 3.72. The van der Waals surface area contributed by atoms with E-state index in [4.69, 9.17) is 4.74 Å². The molecule has 1 aliphatic heterocycles. The highest BCUT2D eigenvalue weighted by Crippen LogP contribution is 2.23. The molecule has 1 aliphatic rings. The number of nitrogens with zero attached hydrogens (tertiary/aromatic N) is 1. The van der Waals surface area contributed by atoms with Crippen LogP contribution in [-0.2, 0) is 4.74 Å². The van der Waals surface area contributed by atoms with Gasteiger partial charge in [0.25, 0.3) is 5.91 Å². The van der Waals surface area contributed by atoms with Gasteiger partial charge in [0.15, 0.2) is 5.69 Å². The number of aromatic nitrogens is 2. The Morgan fingerprint density at radius 3 is 3.28 bits per heavy atom. The van der Waals surface area contributed by atoms with Crippen LogP contribution in [0.25, 0.3) is 10.6 Å². The van der Waals surface area contributed by atoms with Crippen LogP contribution in [0.1, 0.15) is 23.3 Å². The van der Waals surface area contributed by atoms with E-state index in [0.717, 1.165) is 23.4 Å². The van der Waals surface area contributed by atoms with Crippen LogP contribution in [0.4, 0.5) is 0 Å². The van der Waals surface area contributed by atoms with Crippen LogP contribution < -0.4 is 5.32 Å². The first-order chi connectivity index (χ1) is 8.83. The molecule has 2 aromatic rings. The summed E-state index contributed by atoms with van der Waals surface area (Å²) in [6.45, 7) is 0.714. The number of carbonyl (C=O) groups excluding carboxylic acids is 1. The number of nitrogens with one attached hydrogen (secondary N) is 2. The molecule has 1 atom stereocenters. The van der Waals surface area contributed by atoms with Gasteiger partial charge in [0.05, 0.1) is 10.6 Å². The molecular formula is C12H13N3O2S. The molecule has 1 saturated heterocycles. The predicted octanol–water partition coefficient (Wildman–Crippen LogP) is 2.00. The van der Waals surface area contributed by atoms with Crippen molar-refractivity contribution < 1.29 is 9.53 Å². The molecule has 0 radical (unpaired) electrons. The number of amides is 1. The van der Waals surface area contributed by atoms with Crippen molar-refractivity contribution in [2.24, 2.45) is 0 Å². The Morgan fingerprint density at radius 2 is 2.56 bits per heavy atom. The van der Waals surface area contributed by atoms with Crippen LogP contribution in [0.2, 0.25) is 0 Å². The van der Waals surface area contributed by atoms with E-state index in [0.29, 0.717) is 12.3 Å². The fourth-order valence-electron chi connectivity index (χ4n) is 1.91. The summed E-state index contributed by atoms with van der Waals surface area (Å²) in [4.78, 5) is 13.0. The lowest BCUT2D eigenvalue weighted by atomic mass is 10.3. The number of hydrogen-bond acceptors (Lipinski definition) is 4. The van der Waals surface area contributed by atoms with Gasteiger partial charge < -0.3 is 10.1 Å². The molecule has 0 aromatic carbocycles. The first-order valence-electron chi connectivity index (χ1n) is 5.85. The standard InChI is InChI=1S/C12H13N3O2S/c16-12(13-11-4-1-5-17-11)9-7-8(14-15-9)10-3-2-6-18-10/h2-3,6-7,11H,1,4-5H2,(H,13,16)(H,14,15). The van der Waals surface area contributed by atoms with E-state index in [1.807, 2.05) is 17.5 Å². The van der Waals surface area contributed by atoms with Gasteiger partial charge in [-0.3, -0.25) is 9.89 Å². The van der Waals surface area contributed by atoms with E-state index in [1.165, 1.54) is 0 Å². The van der Waals surface area contributed by atoms with Crippen molar-refractivity contribution in [1.82, 2.24) is 15.5 Å². The summed E-state index contributed by atoms with van der Waals surface area (Å²) in [6, 6.07) is 5.71. The molecule has 6 heteroatoms. The fourth-order valence-corrected chi connectivity index (χ4v) is 2.60. The van der Waals surface area contributed by atoms with Crippen molar-refractivity contribution in [3.63, 3.8) is 0 Å². The molecule has 0 bridgehead atoms. The highest BCUT2D eigenvalue weighted by Gasteiger charge is 2.20. The maximum atomic E-state index is 11.9. The van der Waals surface area contributed by atoms with Crippen LogP contribution in [0, 0.1) is 0 Å². The fraction of sp³-hybridized carbons (Fsp3) is 0.333. The highest BCUT2D eigenvalue weighted by molar-refractivity contribution is 7.13. The Kier molecular flexibility index (Phi) is 3.12. The minimum absolute atomic E-state index is 0.167. The maximum Gasteiger partial charge on any atom is 0.273 e. The van der Waals surface area contributed by atoms with Gasteiger partial charge in [-0.25, -0.2) is 0 Å². The predicted molar refractivity (Wildman–Crippen MR) is 68.3 cm³/mol. The van der Waals surface area contributed by atoms with Crippen LogP contribution in [0.15, 0.2) is 23.6 Å². The summed E-state index contributed by atoms with van der Waals surface area (Å²) < 4.78 is 5.36. The number of rotatable bonds is 3. The third-order valence-electron chi connectivity index (χ3n) is 2.82. The number of aromatic amines is 1. The van der Waals surface area contributed by atoms with Gasteiger partial charge in [-0.1, -0.05) is 6.07 Å². The van der Waals surface area contributed by atoms with Crippen molar-refractivity contribution in [3.8, 4) is 10.6 Å². The van der Waals surface area contributed by atoms with Crippen molar-refractivity contribution in [2.75, 3.05) is 6.61 Å². The lowest BCUT2D eigenvalue weighted by Gasteiger charge is -2.09. The highest BCUT2D eigenvalue weighted by atomic mass is 32.1. The Hall–Kier alpha value is -1.66. The molecule has 3 rings (SSSR count). The monoisotopic (exact) mass is 263 g/mol. The smallest absolute Gasteiger partial charge is 0.273 e. The molecule has 0 aliphatic carbocycles. The summed E-state index contributed by atoms with van der Waals surface area (Å²) in [6.07, 6.45) is 1.69. The van der Waals surface area contributed by atoms with Crippen molar-refractivity contribution in [3.05, 3.63) is 29.3 Å². The van der Waals surface area contributed by atoms with Crippen molar-refractivity contribution >= 4 is 17.2 Å². The SMILES string of the molecule is O=C(NC1CCCO1)c1cc(-c2cccs2)[nH]n1. The van der Waals surface area contributed by atoms with Crippen LogP contribution >= 0.6 is 11.3 Å². The number of hydrogen-bond donors (Lipinski definition) is 2. The number of ether oxygens (including phenoxy) is 1. The quantitative estimate of drug-likeness (QED) is 0.890. The average Bonchev–Trinajstić information content (AvgIpc) is 3.11. The Bertz CT molecular complexity index is 529. The van der Waals surface area contributed by atoms with E-state index in [-0.39, 0.29) is 12.1 Å². The molecule has 2 aromatic heterocycles. The van der Waals surface area contributed by atoms with Gasteiger partial charge >= 0.3 is 0 Å². The van der Waals surface area contributed by atoms with Gasteiger partial charge in [0.1, 0.15) is 6.23 Å². The second kappa shape index (κ2) is 4.91. The number of thiophene rings is 1. The van der Waals surface area contributed by atoms with E-state index in [9.17, 15) is 4.79 Å². The lowest BCUT2D eigenvalue weighted by Crippen LogP contribution is -2.34. The molecule has 1 amide bonds. The molecule has 18 heavy (non-hydrogen) atoms. The molecule has 2 N–H and O–H groups in total. The summed E-state index contributed by atoms with van der Waals surface area (Å²) in [7, 11) is 0. The minimum atomic E-state index is -0.194. The zero-order chi connectivity index (χ0) is 12.4. The lowest BCUT2D eigenvalue weighted by molar-refractivity contribution is 0.0636. The first kappa shape index (κ1) is 11.4. The molecule has 1 fully saturated rings. The topological polar surface area (TPSA) is 67.0 Å². The second-order valence-corrected chi connectivity index (χ2v) is 5.07. The molecular weight excluding hydrogens is 250 g/mol. The van der Waals surface area contributed by atoms with Gasteiger partial charge in [0, 0.05) is 6.61 Å². The second-order valence-electron chi connectivity index (χ2n) is 4.12. The summed E-state index contributed by atoms with van der Waals surface area (Å²) in [5.41, 5.74) is 1.26. The van der Waals surface area contributed by atoms with E-state index < -0.39 is 0 Å². The van der Waals surface area contributed by atoms with Gasteiger partial charge in [0.2, 0.25) is 0 Å². The van der Waals surface area contributed by atoms with E-state index >= 15 is 0 Å². The van der Waals surface area contributed by atoms with E-state index in [2.05, 4.69) is 15.5 Å². The molecule has 1 unspecified atom stereocenters. The maximum absolute atomic E-state index is 11.9. The third kappa shape index (κ3) is 2.30. The Morgan fingerprint density at radius 1 is 1.61 bits per heavy atom. The first-order valence-corrected chi connectivity index (χ1v) is 6.72. The molecule has 94 valence electrons. The van der Waals surface area contributed by atoms with Gasteiger partial charge in [-0.05, 0) is 30.4 Å². The Balaban J connectivity index is 1.70. The molecule has 5 nitrogen and oxygen atoms in total. The van der Waals surface area contributed by atoms with Crippen molar-refractivity contribution in [1.29, 1.82) is 0 Å². The van der Waals surface area contributed by atoms with Crippen LogP contribution in [-0.4, -0.2) is 28.9 Å². The van der Waals surface area contributed by atoms with Crippen molar-refractivity contribution in [2.45, 2.75) is 19.1 Å². The zero-order valence-electron chi connectivity index (χ0n) is 9.68. The normalized spacial score (nSPS) is 19.0. The molecule has 3 heterocycles. The van der Waals surface area contributed by atoms with Gasteiger partial charge in [-0.2, -0.15) is 5.10 Å². The largest absolute Gasteiger partial charge is 0.359 e. The van der Waals surface area contributed by atoms with Gasteiger partial charge in [-0.15, -0.1) is 11.3 Å². The molecule has 0 saturated carbocycles. The van der Waals surface area contributed by atoms with E-state index in [1.54, 1.807) is 17.4 Å². The minimum Gasteiger partial charge on any atom is -0.359 e. The van der Waals surface area contributed by atoms with Crippen LogP contribution in [0.5, 0.6) is 0 Å². The summed E-state index contributed by atoms with van der Waals surface area (Å²) >= 11 is 1.61. The average molecular weight is 263 g/mol. The van der Waals surface area contributed by atoms with Crippen LogP contribution in [0.3, 0.4) is 0 Å². The number of H-pyrrole nitrogens is 1. The number of carbonyl (C=O) groups is 1.